The molecule has 7 nitrogen and oxygen atoms in total. The van der Waals surface area contributed by atoms with Gasteiger partial charge < -0.3 is 0 Å². The first-order valence-electron chi connectivity index (χ1n) is 11.3. The second-order valence-electron chi connectivity index (χ2n) is 9.82. The van der Waals surface area contributed by atoms with Crippen LogP contribution in [0.5, 0.6) is 0 Å². The molecule has 164 valence electrons. The number of hydrogen-bond acceptors (Lipinski definition) is 6. The van der Waals surface area contributed by atoms with E-state index in [1.807, 2.05) is 23.1 Å². The number of nitrogens with zero attached hydrogens (tertiary/aromatic N) is 4. The van der Waals surface area contributed by atoms with E-state index in [0.717, 1.165) is 29.7 Å². The summed E-state index contributed by atoms with van der Waals surface area (Å²) in [6.07, 6.45) is 8.50. The summed E-state index contributed by atoms with van der Waals surface area (Å²) in [5.41, 5.74) is 1.24. The number of carbonyl (C=O) groups excluding carboxylic acids is 1. The fourth-order valence-electron chi connectivity index (χ4n) is 6.67. The first-order chi connectivity index (χ1) is 15.5. The monoisotopic (exact) mass is 448 g/mol. The highest BCUT2D eigenvalue weighted by Crippen LogP contribution is 2.60. The fraction of sp³-hybridized carbons (Fsp3) is 0.458. The van der Waals surface area contributed by atoms with Crippen molar-refractivity contribution in [3.05, 3.63) is 58.4 Å². The number of nitro groups is 1. The van der Waals surface area contributed by atoms with Crippen molar-refractivity contribution in [2.45, 2.75) is 45.1 Å². The van der Waals surface area contributed by atoms with E-state index in [1.54, 1.807) is 18.3 Å². The zero-order valence-corrected chi connectivity index (χ0v) is 18.5. The lowest BCUT2D eigenvalue weighted by molar-refractivity contribution is -0.384. The number of non-ortho nitro benzene ring substituents is 1. The van der Waals surface area contributed by atoms with Gasteiger partial charge in [-0.25, -0.2) is 4.98 Å². The van der Waals surface area contributed by atoms with Gasteiger partial charge in [-0.15, -0.1) is 0 Å². The number of carbonyl (C=O) groups is 1. The van der Waals surface area contributed by atoms with Gasteiger partial charge in [-0.3, -0.25) is 24.8 Å². The molecule has 3 aromatic rings. The number of hydrogen-bond donors (Lipinski definition) is 0. The van der Waals surface area contributed by atoms with Crippen LogP contribution in [0.4, 0.5) is 10.8 Å². The van der Waals surface area contributed by atoms with Crippen LogP contribution < -0.4 is 4.90 Å². The van der Waals surface area contributed by atoms with Crippen LogP contribution in [-0.2, 0) is 11.3 Å². The highest BCUT2D eigenvalue weighted by atomic mass is 32.1. The van der Waals surface area contributed by atoms with Gasteiger partial charge in [0.05, 0.1) is 32.8 Å². The summed E-state index contributed by atoms with van der Waals surface area (Å²) in [5, 5.41) is 11.8. The SMILES string of the molecule is O=C(N(Cc1ccccn1)c1nc2ccc([N+](=O)[O-])cc2s1)C12CC3CC(CC(C3)C1)C2. The number of pyridine rings is 1. The first-order valence-corrected chi connectivity index (χ1v) is 12.1. The molecule has 0 saturated heterocycles. The second kappa shape index (κ2) is 7.33. The molecule has 2 heterocycles. The Balaban J connectivity index is 1.40. The Kier molecular flexibility index (Phi) is 4.54. The molecule has 0 N–H and O–H groups in total. The Bertz CT molecular complexity index is 1170. The van der Waals surface area contributed by atoms with Crippen molar-refractivity contribution in [1.82, 2.24) is 9.97 Å². The summed E-state index contributed by atoms with van der Waals surface area (Å²) < 4.78 is 0.721. The van der Waals surface area contributed by atoms with E-state index in [4.69, 9.17) is 4.98 Å². The van der Waals surface area contributed by atoms with Crippen LogP contribution in [0.1, 0.15) is 44.2 Å². The summed E-state index contributed by atoms with van der Waals surface area (Å²) >= 11 is 1.35. The van der Waals surface area contributed by atoms with Gasteiger partial charge >= 0.3 is 0 Å². The largest absolute Gasteiger partial charge is 0.282 e. The Morgan fingerprint density at radius 1 is 1.12 bits per heavy atom. The summed E-state index contributed by atoms with van der Waals surface area (Å²) in [7, 11) is 0. The molecule has 4 saturated carbocycles. The van der Waals surface area contributed by atoms with Crippen LogP contribution in [0.15, 0.2) is 42.6 Å². The molecule has 1 amide bonds. The van der Waals surface area contributed by atoms with E-state index >= 15 is 0 Å². The molecule has 1 aromatic carbocycles. The number of amides is 1. The number of benzene rings is 1. The Hall–Kier alpha value is -2.87. The first kappa shape index (κ1) is 19.8. The van der Waals surface area contributed by atoms with E-state index in [-0.39, 0.29) is 17.0 Å². The Labute approximate surface area is 189 Å². The molecule has 0 unspecified atom stereocenters. The number of aromatic nitrogens is 2. The second-order valence-corrected chi connectivity index (χ2v) is 10.8. The molecule has 4 aliphatic carbocycles. The lowest BCUT2D eigenvalue weighted by Gasteiger charge is -2.56. The molecule has 4 aliphatic rings. The average Bonchev–Trinajstić information content (AvgIpc) is 3.20. The van der Waals surface area contributed by atoms with Crippen molar-refractivity contribution in [2.24, 2.45) is 23.2 Å². The third kappa shape index (κ3) is 3.28. The Morgan fingerprint density at radius 2 is 1.84 bits per heavy atom. The standard InChI is InChI=1S/C24H24N4O3S/c29-22(24-11-15-7-16(12-24)9-17(8-15)13-24)27(14-18-3-1-2-6-25-18)23-26-20-5-4-19(28(30)31)10-21(20)32-23/h1-6,10,15-17H,7-9,11-14H2. The molecule has 2 aromatic heterocycles. The normalized spacial score (nSPS) is 28.2. The van der Waals surface area contributed by atoms with Crippen molar-refractivity contribution in [1.29, 1.82) is 0 Å². The summed E-state index contributed by atoms with van der Waals surface area (Å²) in [5.74, 6) is 2.16. The summed E-state index contributed by atoms with van der Waals surface area (Å²) in [4.78, 5) is 36.0. The predicted molar refractivity (Wildman–Crippen MR) is 122 cm³/mol. The summed E-state index contributed by atoms with van der Waals surface area (Å²) in [6, 6.07) is 10.4. The zero-order chi connectivity index (χ0) is 21.9. The van der Waals surface area contributed by atoms with Crippen LogP contribution >= 0.6 is 11.3 Å². The van der Waals surface area contributed by atoms with E-state index in [2.05, 4.69) is 4.98 Å². The van der Waals surface area contributed by atoms with Crippen LogP contribution in [-0.4, -0.2) is 20.8 Å². The van der Waals surface area contributed by atoms with Crippen molar-refractivity contribution >= 4 is 38.3 Å². The van der Waals surface area contributed by atoms with Gasteiger partial charge in [-0.05, 0) is 74.5 Å². The molecule has 7 rings (SSSR count). The quantitative estimate of drug-likeness (QED) is 0.388. The van der Waals surface area contributed by atoms with Crippen LogP contribution in [0, 0.1) is 33.3 Å². The Morgan fingerprint density at radius 3 is 2.47 bits per heavy atom. The van der Waals surface area contributed by atoms with Gasteiger partial charge in [0.15, 0.2) is 5.13 Å². The highest BCUT2D eigenvalue weighted by molar-refractivity contribution is 7.22. The van der Waals surface area contributed by atoms with Gasteiger partial charge in [-0.2, -0.15) is 0 Å². The maximum absolute atomic E-state index is 14.2. The molecule has 4 bridgehead atoms. The molecule has 32 heavy (non-hydrogen) atoms. The van der Waals surface area contributed by atoms with Gasteiger partial charge in [0.1, 0.15) is 0 Å². The van der Waals surface area contributed by atoms with Crippen LogP contribution in [0.3, 0.4) is 0 Å². The number of thiazole rings is 1. The minimum Gasteiger partial charge on any atom is -0.282 e. The zero-order valence-electron chi connectivity index (χ0n) is 17.6. The van der Waals surface area contributed by atoms with Crippen molar-refractivity contribution in [2.75, 3.05) is 4.90 Å². The number of nitro benzene ring substituents is 1. The average molecular weight is 449 g/mol. The minimum atomic E-state index is -0.398. The van der Waals surface area contributed by atoms with Gasteiger partial charge in [-0.1, -0.05) is 17.4 Å². The number of rotatable bonds is 5. The van der Waals surface area contributed by atoms with Gasteiger partial charge in [0.2, 0.25) is 5.91 Å². The van der Waals surface area contributed by atoms with Crippen molar-refractivity contribution < 1.29 is 9.72 Å². The van der Waals surface area contributed by atoms with E-state index in [1.165, 1.54) is 36.7 Å². The summed E-state index contributed by atoms with van der Waals surface area (Å²) in [6.45, 7) is 0.364. The van der Waals surface area contributed by atoms with Crippen molar-refractivity contribution in [3.63, 3.8) is 0 Å². The molecular formula is C24H24N4O3S. The third-order valence-electron chi connectivity index (χ3n) is 7.59. The van der Waals surface area contributed by atoms with E-state index in [9.17, 15) is 14.9 Å². The van der Waals surface area contributed by atoms with Gasteiger partial charge in [0, 0.05) is 18.3 Å². The molecular weight excluding hydrogens is 424 g/mol. The molecule has 0 spiro atoms. The van der Waals surface area contributed by atoms with Crippen LogP contribution in [0.25, 0.3) is 10.2 Å². The van der Waals surface area contributed by atoms with E-state index < -0.39 is 4.92 Å². The highest BCUT2D eigenvalue weighted by Gasteiger charge is 2.56. The number of fused-ring (bicyclic) bond motifs is 1. The maximum atomic E-state index is 14.2. The molecule has 0 radical (unpaired) electrons. The van der Waals surface area contributed by atoms with Gasteiger partial charge in [0.25, 0.3) is 5.69 Å². The maximum Gasteiger partial charge on any atom is 0.270 e. The lowest BCUT2D eigenvalue weighted by atomic mass is 9.49. The molecule has 4 fully saturated rings. The minimum absolute atomic E-state index is 0.0383. The van der Waals surface area contributed by atoms with E-state index in [0.29, 0.717) is 34.9 Å². The smallest absolute Gasteiger partial charge is 0.270 e. The lowest BCUT2D eigenvalue weighted by Crippen LogP contribution is -2.54. The molecule has 8 heteroatoms. The number of anilines is 1. The predicted octanol–water partition coefficient (Wildman–Crippen LogP) is 5.35. The fourth-order valence-corrected chi connectivity index (χ4v) is 7.67. The van der Waals surface area contributed by atoms with Crippen LogP contribution in [0.2, 0.25) is 0 Å². The van der Waals surface area contributed by atoms with Crippen molar-refractivity contribution in [3.8, 4) is 0 Å². The molecule has 0 aliphatic heterocycles. The third-order valence-corrected chi connectivity index (χ3v) is 8.63. The molecule has 0 atom stereocenters. The topological polar surface area (TPSA) is 89.2 Å².